The van der Waals surface area contributed by atoms with Gasteiger partial charge in [-0.15, -0.1) is 0 Å². The summed E-state index contributed by atoms with van der Waals surface area (Å²) in [5.74, 6) is -0.0792. The van der Waals surface area contributed by atoms with Gasteiger partial charge in [-0.2, -0.15) is 13.2 Å². The van der Waals surface area contributed by atoms with Crippen molar-refractivity contribution < 1.29 is 26.4 Å². The molecule has 1 amide bonds. The van der Waals surface area contributed by atoms with Gasteiger partial charge in [0.1, 0.15) is 0 Å². The highest BCUT2D eigenvalue weighted by molar-refractivity contribution is 7.92. The first-order valence-electron chi connectivity index (χ1n) is 7.77. The smallest absolute Gasteiger partial charge is 0.326 e. The third kappa shape index (κ3) is 4.16. The molecule has 0 radical (unpaired) electrons. The number of halogens is 3. The van der Waals surface area contributed by atoms with Crippen LogP contribution < -0.4 is 10.0 Å². The Bertz CT molecular complexity index is 921. The van der Waals surface area contributed by atoms with Gasteiger partial charge in [0.25, 0.3) is 10.0 Å². The maximum Gasteiger partial charge on any atom is 0.417 e. The molecule has 0 spiro atoms. The molecule has 26 heavy (non-hydrogen) atoms. The zero-order chi connectivity index (χ0) is 18.9. The molecule has 2 N–H and O–H groups in total. The number of alkyl halides is 3. The van der Waals surface area contributed by atoms with Crippen LogP contribution in [0.3, 0.4) is 0 Å². The lowest BCUT2D eigenvalue weighted by Crippen LogP contribution is -2.19. The lowest BCUT2D eigenvalue weighted by atomic mass is 10.2. The average molecular weight is 384 g/mol. The van der Waals surface area contributed by atoms with Crippen LogP contribution in [0.15, 0.2) is 53.4 Å². The Labute approximate surface area is 148 Å². The first-order valence-corrected chi connectivity index (χ1v) is 9.25. The van der Waals surface area contributed by atoms with Crippen LogP contribution >= 0.6 is 0 Å². The SMILES string of the molecule is O=C(Nc1ccc(NS(=O)(=O)c2ccccc2C(F)(F)F)cc1)C1CC1. The minimum atomic E-state index is -4.79. The van der Waals surface area contributed by atoms with Gasteiger partial charge in [0.2, 0.25) is 5.91 Å². The molecule has 1 aliphatic carbocycles. The van der Waals surface area contributed by atoms with Crippen LogP contribution in [0, 0.1) is 5.92 Å². The van der Waals surface area contributed by atoms with Crippen LogP contribution in [0.25, 0.3) is 0 Å². The summed E-state index contributed by atoms with van der Waals surface area (Å²) in [5.41, 5.74) is -0.659. The second-order valence-electron chi connectivity index (χ2n) is 5.94. The number of carbonyl (C=O) groups excluding carboxylic acids is 1. The number of hydrogen-bond acceptors (Lipinski definition) is 3. The van der Waals surface area contributed by atoms with E-state index in [1.807, 2.05) is 0 Å². The largest absolute Gasteiger partial charge is 0.417 e. The summed E-state index contributed by atoms with van der Waals surface area (Å²) in [7, 11) is -4.42. The van der Waals surface area contributed by atoms with E-state index in [0.29, 0.717) is 11.8 Å². The molecule has 0 aromatic heterocycles. The van der Waals surface area contributed by atoms with E-state index in [-0.39, 0.29) is 17.5 Å². The van der Waals surface area contributed by atoms with Gasteiger partial charge in [-0.05, 0) is 49.2 Å². The molecule has 1 aliphatic rings. The molecule has 138 valence electrons. The highest BCUT2D eigenvalue weighted by atomic mass is 32.2. The first kappa shape index (κ1) is 18.2. The van der Waals surface area contributed by atoms with Crippen molar-refractivity contribution in [3.8, 4) is 0 Å². The van der Waals surface area contributed by atoms with Crippen LogP contribution in [0.2, 0.25) is 0 Å². The molecule has 0 unspecified atom stereocenters. The van der Waals surface area contributed by atoms with Crippen LogP contribution in [0.1, 0.15) is 18.4 Å². The molecule has 0 aliphatic heterocycles. The average Bonchev–Trinajstić information content (AvgIpc) is 3.41. The normalized spacial score (nSPS) is 14.7. The van der Waals surface area contributed by atoms with Crippen LogP contribution in [0.5, 0.6) is 0 Å². The summed E-state index contributed by atoms with van der Waals surface area (Å²) in [5, 5.41) is 2.69. The van der Waals surface area contributed by atoms with E-state index in [4.69, 9.17) is 0 Å². The highest BCUT2D eigenvalue weighted by Gasteiger charge is 2.37. The molecule has 2 aromatic rings. The second-order valence-corrected chi connectivity index (χ2v) is 7.59. The number of benzene rings is 2. The van der Waals surface area contributed by atoms with E-state index in [1.165, 1.54) is 30.3 Å². The first-order chi connectivity index (χ1) is 12.2. The standard InChI is InChI=1S/C17H15F3N2O3S/c18-17(19,20)14-3-1-2-4-15(14)26(24,25)22-13-9-7-12(8-10-13)21-16(23)11-5-6-11/h1-4,7-11,22H,5-6H2,(H,21,23). The van der Waals surface area contributed by atoms with Crippen LogP contribution in [0.4, 0.5) is 24.5 Å². The van der Waals surface area contributed by atoms with Gasteiger partial charge in [-0.1, -0.05) is 12.1 Å². The summed E-state index contributed by atoms with van der Waals surface area (Å²) in [6, 6.07) is 9.66. The van der Waals surface area contributed by atoms with Crippen molar-refractivity contribution in [3.05, 3.63) is 54.1 Å². The monoisotopic (exact) mass is 384 g/mol. The van der Waals surface area contributed by atoms with Crippen LogP contribution in [-0.2, 0) is 21.0 Å². The zero-order valence-corrected chi connectivity index (χ0v) is 14.2. The van der Waals surface area contributed by atoms with E-state index in [1.54, 1.807) is 0 Å². The number of rotatable bonds is 5. The fourth-order valence-electron chi connectivity index (χ4n) is 2.36. The van der Waals surface area contributed by atoms with Crippen LogP contribution in [-0.4, -0.2) is 14.3 Å². The van der Waals surface area contributed by atoms with Gasteiger partial charge in [-0.25, -0.2) is 8.42 Å². The van der Waals surface area contributed by atoms with Crippen molar-refractivity contribution >= 4 is 27.3 Å². The molecule has 1 fully saturated rings. The number of amides is 1. The van der Waals surface area contributed by atoms with E-state index in [0.717, 1.165) is 25.0 Å². The number of hydrogen-bond donors (Lipinski definition) is 2. The van der Waals surface area contributed by atoms with Crippen molar-refractivity contribution in [3.63, 3.8) is 0 Å². The van der Waals surface area contributed by atoms with Gasteiger partial charge in [-0.3, -0.25) is 9.52 Å². The second kappa shape index (κ2) is 6.64. The number of anilines is 2. The molecule has 2 aromatic carbocycles. The van der Waals surface area contributed by atoms with Crippen molar-refractivity contribution in [1.29, 1.82) is 0 Å². The fourth-order valence-corrected chi connectivity index (χ4v) is 3.64. The van der Waals surface area contributed by atoms with Crippen molar-refractivity contribution in [2.75, 3.05) is 10.0 Å². The predicted octanol–water partition coefficient (Wildman–Crippen LogP) is 3.85. The predicted molar refractivity (Wildman–Crippen MR) is 90.0 cm³/mol. The molecule has 0 saturated heterocycles. The summed E-state index contributed by atoms with van der Waals surface area (Å²) in [4.78, 5) is 10.8. The van der Waals surface area contributed by atoms with Gasteiger partial charge in [0.05, 0.1) is 10.5 Å². The maximum absolute atomic E-state index is 13.0. The Morgan fingerprint density at radius 2 is 1.54 bits per heavy atom. The molecule has 5 nitrogen and oxygen atoms in total. The highest BCUT2D eigenvalue weighted by Crippen LogP contribution is 2.34. The Kier molecular flexibility index (Phi) is 4.66. The molecule has 9 heteroatoms. The molecule has 0 heterocycles. The number of sulfonamides is 1. The van der Waals surface area contributed by atoms with Gasteiger partial charge in [0.15, 0.2) is 0 Å². The van der Waals surface area contributed by atoms with E-state index < -0.39 is 26.7 Å². The number of nitrogens with one attached hydrogen (secondary N) is 2. The lowest BCUT2D eigenvalue weighted by molar-refractivity contribution is -0.139. The van der Waals surface area contributed by atoms with Gasteiger partial charge < -0.3 is 5.32 Å². The molecular weight excluding hydrogens is 369 g/mol. The van der Waals surface area contributed by atoms with Crippen molar-refractivity contribution in [2.45, 2.75) is 23.9 Å². The Balaban J connectivity index is 1.79. The third-order valence-electron chi connectivity index (χ3n) is 3.83. The van der Waals surface area contributed by atoms with E-state index >= 15 is 0 Å². The van der Waals surface area contributed by atoms with Gasteiger partial charge >= 0.3 is 6.18 Å². The van der Waals surface area contributed by atoms with Gasteiger partial charge in [0, 0.05) is 17.3 Å². The lowest BCUT2D eigenvalue weighted by Gasteiger charge is -2.14. The van der Waals surface area contributed by atoms with E-state index in [2.05, 4.69) is 10.0 Å². The summed E-state index contributed by atoms with van der Waals surface area (Å²) in [6.45, 7) is 0. The maximum atomic E-state index is 13.0. The molecule has 0 bridgehead atoms. The third-order valence-corrected chi connectivity index (χ3v) is 5.27. The summed E-state index contributed by atoms with van der Waals surface area (Å²) >= 11 is 0. The Hall–Kier alpha value is -2.55. The summed E-state index contributed by atoms with van der Waals surface area (Å²) < 4.78 is 65.9. The zero-order valence-electron chi connectivity index (χ0n) is 13.4. The Morgan fingerprint density at radius 1 is 0.962 bits per heavy atom. The number of carbonyl (C=O) groups is 1. The Morgan fingerprint density at radius 3 is 2.12 bits per heavy atom. The minimum Gasteiger partial charge on any atom is -0.326 e. The molecule has 0 atom stereocenters. The summed E-state index contributed by atoms with van der Waals surface area (Å²) in [6.07, 6.45) is -3.09. The molecular formula is C17H15F3N2O3S. The molecule has 3 rings (SSSR count). The fraction of sp³-hybridized carbons (Fsp3) is 0.235. The molecule has 1 saturated carbocycles. The van der Waals surface area contributed by atoms with E-state index in [9.17, 15) is 26.4 Å². The minimum absolute atomic E-state index is 0.0204. The quantitative estimate of drug-likeness (QED) is 0.822. The topological polar surface area (TPSA) is 75.3 Å². The van der Waals surface area contributed by atoms with Crippen molar-refractivity contribution in [2.24, 2.45) is 5.92 Å². The van der Waals surface area contributed by atoms with Crippen molar-refractivity contribution in [1.82, 2.24) is 0 Å².